The van der Waals surface area contributed by atoms with E-state index in [2.05, 4.69) is 0 Å². The molecule has 0 aliphatic rings. The zero-order chi connectivity index (χ0) is 10.2. The number of carboxylic acid groups (broad SMARTS) is 1. The maximum absolute atomic E-state index is 11.3. The van der Waals surface area contributed by atoms with E-state index in [0.29, 0.717) is 0 Å². The minimum absolute atomic E-state index is 3.03. The fraction of sp³-hybridized carbons (Fsp3) is 0.500. The molecular weight excluding hydrogens is 194 g/mol. The molecule has 0 saturated carbocycles. The van der Waals surface area contributed by atoms with Crippen molar-refractivity contribution in [2.75, 3.05) is 0 Å². The quantitative estimate of drug-likeness (QED) is 0.647. The zero-order valence-corrected chi connectivity index (χ0v) is 5.12. The first-order valence-corrected chi connectivity index (χ1v) is 2.31. The molecule has 0 fully saturated rings. The number of aliphatic carboxylic acids is 1. The summed E-state index contributed by atoms with van der Waals surface area (Å²) in [7, 11) is 0. The minimum atomic E-state index is -5.88. The lowest BCUT2D eigenvalue weighted by atomic mass is 10.1. The van der Waals surface area contributed by atoms with Crippen LogP contribution in [0.1, 0.15) is 0 Å². The van der Waals surface area contributed by atoms with Gasteiger partial charge in [0.15, 0.2) is 0 Å². The highest BCUT2D eigenvalue weighted by molar-refractivity contribution is 5.85. The second kappa shape index (κ2) is 2.83. The van der Waals surface area contributed by atoms with Gasteiger partial charge in [-0.2, -0.15) is 26.3 Å². The SMILES string of the molecule is O=C(O)[C](C(F)(F)F)C(F)(F)F. The van der Waals surface area contributed by atoms with Gasteiger partial charge in [0, 0.05) is 0 Å². The molecule has 0 saturated heterocycles. The van der Waals surface area contributed by atoms with Gasteiger partial charge in [-0.25, -0.2) is 0 Å². The predicted octanol–water partition coefficient (Wildman–Crippen LogP) is 1.77. The number of alkyl halides is 6. The average molecular weight is 195 g/mol. The van der Waals surface area contributed by atoms with Gasteiger partial charge in [-0.15, -0.1) is 0 Å². The van der Waals surface area contributed by atoms with Gasteiger partial charge in [0.2, 0.25) is 0 Å². The summed E-state index contributed by atoms with van der Waals surface area (Å²) >= 11 is 0. The van der Waals surface area contributed by atoms with Gasteiger partial charge in [-0.3, -0.25) is 4.79 Å². The summed E-state index contributed by atoms with van der Waals surface area (Å²) in [6.07, 6.45) is -11.8. The molecule has 1 N–H and O–H groups in total. The van der Waals surface area contributed by atoms with E-state index in [-0.39, 0.29) is 0 Å². The molecule has 0 atom stereocenters. The molecule has 8 heteroatoms. The van der Waals surface area contributed by atoms with E-state index in [4.69, 9.17) is 5.11 Å². The van der Waals surface area contributed by atoms with Gasteiger partial charge in [-0.05, 0) is 0 Å². The number of carboxylic acids is 1. The molecule has 0 aromatic carbocycles. The second-order valence-electron chi connectivity index (χ2n) is 1.68. The molecular formula is C4HF6O2. The van der Waals surface area contributed by atoms with Gasteiger partial charge in [0.05, 0.1) is 0 Å². The molecule has 0 bridgehead atoms. The van der Waals surface area contributed by atoms with Crippen molar-refractivity contribution >= 4 is 5.97 Å². The van der Waals surface area contributed by atoms with Gasteiger partial charge < -0.3 is 5.11 Å². The minimum Gasteiger partial charge on any atom is -0.480 e. The van der Waals surface area contributed by atoms with Crippen LogP contribution < -0.4 is 0 Å². The van der Waals surface area contributed by atoms with Crippen LogP contribution >= 0.6 is 0 Å². The number of hydrogen-bond donors (Lipinski definition) is 1. The predicted molar refractivity (Wildman–Crippen MR) is 23.0 cm³/mol. The fourth-order valence-corrected chi connectivity index (χ4v) is 0.403. The van der Waals surface area contributed by atoms with Gasteiger partial charge in [-0.1, -0.05) is 0 Å². The summed E-state index contributed by atoms with van der Waals surface area (Å²) in [6.45, 7) is 0. The Labute approximate surface area is 61.8 Å². The third-order valence-corrected chi connectivity index (χ3v) is 0.781. The maximum atomic E-state index is 11.3. The summed E-state index contributed by atoms with van der Waals surface area (Å²) in [4.78, 5) is 9.52. The van der Waals surface area contributed by atoms with Crippen molar-refractivity contribution in [1.29, 1.82) is 0 Å². The van der Waals surface area contributed by atoms with Crippen LogP contribution in [-0.4, -0.2) is 23.4 Å². The second-order valence-corrected chi connectivity index (χ2v) is 1.68. The van der Waals surface area contributed by atoms with E-state index in [1.807, 2.05) is 0 Å². The van der Waals surface area contributed by atoms with Crippen LogP contribution in [0.25, 0.3) is 0 Å². The molecule has 0 rings (SSSR count). The van der Waals surface area contributed by atoms with Crippen molar-refractivity contribution in [2.24, 2.45) is 0 Å². The van der Waals surface area contributed by atoms with E-state index in [1.165, 1.54) is 0 Å². The van der Waals surface area contributed by atoms with Crippen LogP contribution in [0.2, 0.25) is 0 Å². The first-order valence-electron chi connectivity index (χ1n) is 2.31. The van der Waals surface area contributed by atoms with E-state index in [0.717, 1.165) is 0 Å². The van der Waals surface area contributed by atoms with Crippen LogP contribution in [0.15, 0.2) is 0 Å². The van der Waals surface area contributed by atoms with Crippen LogP contribution in [0.5, 0.6) is 0 Å². The molecule has 0 aliphatic carbocycles. The van der Waals surface area contributed by atoms with Crippen molar-refractivity contribution in [1.82, 2.24) is 0 Å². The molecule has 2 nitrogen and oxygen atoms in total. The van der Waals surface area contributed by atoms with Crippen molar-refractivity contribution < 1.29 is 36.2 Å². The van der Waals surface area contributed by atoms with Crippen molar-refractivity contribution in [2.45, 2.75) is 12.4 Å². The molecule has 1 radical (unpaired) electrons. The average Bonchev–Trinajstić information content (AvgIpc) is 1.49. The third-order valence-electron chi connectivity index (χ3n) is 0.781. The molecule has 0 aliphatic heterocycles. The topological polar surface area (TPSA) is 37.3 Å². The molecule has 0 amide bonds. The summed E-state index contributed by atoms with van der Waals surface area (Å²) < 4.78 is 68.0. The summed E-state index contributed by atoms with van der Waals surface area (Å²) in [6, 6.07) is 0. The smallest absolute Gasteiger partial charge is 0.415 e. The van der Waals surface area contributed by atoms with Crippen LogP contribution in [-0.2, 0) is 4.79 Å². The molecule has 0 heterocycles. The van der Waals surface area contributed by atoms with Crippen molar-refractivity contribution in [3.8, 4) is 0 Å². The number of halogens is 6. The van der Waals surface area contributed by atoms with Crippen molar-refractivity contribution in [3.05, 3.63) is 5.92 Å². The Bertz CT molecular complexity index is 165. The first-order chi connectivity index (χ1) is 5.07. The Morgan fingerprint density at radius 3 is 1.17 bits per heavy atom. The molecule has 0 aromatic rings. The summed E-state index contributed by atoms with van der Waals surface area (Å²) in [5.41, 5.74) is 0. The molecule has 0 aromatic heterocycles. The van der Waals surface area contributed by atoms with E-state index in [9.17, 15) is 31.1 Å². The Kier molecular flexibility index (Phi) is 2.61. The molecule has 71 valence electrons. The third kappa shape index (κ3) is 2.59. The standard InChI is InChI=1S/C4HF6O2/c5-3(6,7)1(2(11)12)4(8,9)10/h(H,11,12). The van der Waals surface area contributed by atoms with Gasteiger partial charge in [0.1, 0.15) is 0 Å². The largest absolute Gasteiger partial charge is 0.480 e. The van der Waals surface area contributed by atoms with Crippen LogP contribution in [0, 0.1) is 5.92 Å². The monoisotopic (exact) mass is 195 g/mol. The normalized spacial score (nSPS) is 13.6. The fourth-order valence-electron chi connectivity index (χ4n) is 0.403. The van der Waals surface area contributed by atoms with Crippen LogP contribution in [0.4, 0.5) is 26.3 Å². The first kappa shape index (κ1) is 11.0. The summed E-state index contributed by atoms with van der Waals surface area (Å²) in [5, 5.41) is 7.57. The maximum Gasteiger partial charge on any atom is 0.415 e. The molecule has 0 unspecified atom stereocenters. The van der Waals surface area contributed by atoms with Gasteiger partial charge in [0.25, 0.3) is 5.92 Å². The number of hydrogen-bond acceptors (Lipinski definition) is 1. The highest BCUT2D eigenvalue weighted by Crippen LogP contribution is 2.40. The zero-order valence-electron chi connectivity index (χ0n) is 5.12. The van der Waals surface area contributed by atoms with Crippen molar-refractivity contribution in [3.63, 3.8) is 0 Å². The van der Waals surface area contributed by atoms with E-state index in [1.54, 1.807) is 0 Å². The lowest BCUT2D eigenvalue weighted by Crippen LogP contribution is -2.40. The number of rotatable bonds is 1. The summed E-state index contributed by atoms with van der Waals surface area (Å²) in [5.74, 6) is -6.45. The Balaban J connectivity index is 4.82. The van der Waals surface area contributed by atoms with E-state index >= 15 is 0 Å². The van der Waals surface area contributed by atoms with Gasteiger partial charge >= 0.3 is 18.3 Å². The molecule has 0 spiro atoms. The molecule has 12 heavy (non-hydrogen) atoms. The number of carbonyl (C=O) groups is 1. The Morgan fingerprint density at radius 2 is 1.17 bits per heavy atom. The lowest BCUT2D eigenvalue weighted by Gasteiger charge is -2.17. The Hall–Kier alpha value is -0.950. The lowest BCUT2D eigenvalue weighted by molar-refractivity contribution is -0.212. The highest BCUT2D eigenvalue weighted by atomic mass is 19.4. The van der Waals surface area contributed by atoms with E-state index < -0.39 is 24.2 Å². The van der Waals surface area contributed by atoms with Crippen LogP contribution in [0.3, 0.4) is 0 Å². The Morgan fingerprint density at radius 1 is 0.917 bits per heavy atom. The highest BCUT2D eigenvalue weighted by Gasteiger charge is 2.63.